The first-order valence-corrected chi connectivity index (χ1v) is 11.6. The zero-order valence-electron chi connectivity index (χ0n) is 18.7. The lowest BCUT2D eigenvalue weighted by Crippen LogP contribution is -2.32. The standard InChI is InChI=1S/C28H25FN2O3/c29-22-12-8-18(9-13-22)14-16-31-25(23-7-3-4-15-30-23)24(27(33)28(31)34)26(32)21-11-10-19-5-1-2-6-20(19)17-21/h3-4,7-13,15,17,25,32H,1-2,5-6,14,16H2/b26-24-. The summed E-state index contributed by atoms with van der Waals surface area (Å²) in [6, 6.07) is 16.3. The zero-order chi connectivity index (χ0) is 23.7. The number of hydrogen-bond acceptors (Lipinski definition) is 4. The van der Waals surface area contributed by atoms with E-state index in [1.54, 1.807) is 36.5 Å². The monoisotopic (exact) mass is 456 g/mol. The molecule has 34 heavy (non-hydrogen) atoms. The Morgan fingerprint density at radius 1 is 1.00 bits per heavy atom. The highest BCUT2D eigenvalue weighted by Crippen LogP contribution is 2.39. The van der Waals surface area contributed by atoms with E-state index < -0.39 is 17.7 Å². The van der Waals surface area contributed by atoms with Gasteiger partial charge in [0.25, 0.3) is 11.7 Å². The van der Waals surface area contributed by atoms with Crippen LogP contribution in [-0.4, -0.2) is 33.2 Å². The Bertz CT molecular complexity index is 1270. The van der Waals surface area contributed by atoms with Gasteiger partial charge in [0.1, 0.15) is 17.6 Å². The van der Waals surface area contributed by atoms with Crippen LogP contribution in [0.1, 0.15) is 46.8 Å². The molecule has 0 saturated carbocycles. The number of ketones is 1. The Hall–Kier alpha value is -3.80. The Morgan fingerprint density at radius 3 is 2.50 bits per heavy atom. The van der Waals surface area contributed by atoms with Crippen LogP contribution in [0, 0.1) is 5.82 Å². The molecule has 2 aliphatic rings. The third-order valence-corrected chi connectivity index (χ3v) is 6.68. The summed E-state index contributed by atoms with van der Waals surface area (Å²) in [6.45, 7) is 0.235. The SMILES string of the molecule is O=C1C(=O)N(CCc2ccc(F)cc2)C(c2ccccn2)/C1=C(/O)c1ccc2c(c1)CCCC2. The first-order chi connectivity index (χ1) is 16.5. The van der Waals surface area contributed by atoms with E-state index in [-0.39, 0.29) is 23.7 Å². The highest BCUT2D eigenvalue weighted by atomic mass is 19.1. The molecule has 2 heterocycles. The average molecular weight is 457 g/mol. The summed E-state index contributed by atoms with van der Waals surface area (Å²) in [5, 5.41) is 11.3. The van der Waals surface area contributed by atoms with Gasteiger partial charge in [0, 0.05) is 18.3 Å². The summed E-state index contributed by atoms with van der Waals surface area (Å²) >= 11 is 0. The Morgan fingerprint density at radius 2 is 1.76 bits per heavy atom. The molecule has 172 valence electrons. The molecular formula is C28H25FN2O3. The van der Waals surface area contributed by atoms with Gasteiger partial charge in [-0.15, -0.1) is 0 Å². The number of amides is 1. The molecule has 1 atom stereocenters. The number of halogens is 1. The maximum Gasteiger partial charge on any atom is 0.295 e. The Balaban J connectivity index is 1.54. The molecule has 3 aromatic rings. The fourth-order valence-electron chi connectivity index (χ4n) is 4.89. The van der Waals surface area contributed by atoms with Crippen LogP contribution in [0.25, 0.3) is 5.76 Å². The van der Waals surface area contributed by atoms with Crippen molar-refractivity contribution in [1.29, 1.82) is 0 Å². The molecule has 5 rings (SSSR count). The third-order valence-electron chi connectivity index (χ3n) is 6.68. The van der Waals surface area contributed by atoms with Crippen molar-refractivity contribution in [2.75, 3.05) is 6.54 Å². The van der Waals surface area contributed by atoms with Crippen molar-refractivity contribution in [3.8, 4) is 0 Å². The third kappa shape index (κ3) is 4.12. The second-order valence-corrected chi connectivity index (χ2v) is 8.81. The molecule has 1 aliphatic heterocycles. The molecule has 0 bridgehead atoms. The average Bonchev–Trinajstić information content (AvgIpc) is 3.13. The van der Waals surface area contributed by atoms with E-state index in [0.29, 0.717) is 17.7 Å². The first-order valence-electron chi connectivity index (χ1n) is 11.6. The van der Waals surface area contributed by atoms with Crippen LogP contribution in [0.5, 0.6) is 0 Å². The van der Waals surface area contributed by atoms with E-state index in [0.717, 1.165) is 31.2 Å². The number of hydrogen-bond donors (Lipinski definition) is 1. The van der Waals surface area contributed by atoms with Crippen molar-refractivity contribution in [2.24, 2.45) is 0 Å². The van der Waals surface area contributed by atoms with E-state index in [9.17, 15) is 19.1 Å². The lowest BCUT2D eigenvalue weighted by atomic mass is 9.89. The molecule has 1 fully saturated rings. The van der Waals surface area contributed by atoms with E-state index in [2.05, 4.69) is 4.98 Å². The van der Waals surface area contributed by atoms with Crippen LogP contribution < -0.4 is 0 Å². The normalized spacial score (nSPS) is 19.3. The first kappa shape index (κ1) is 22.0. The summed E-state index contributed by atoms with van der Waals surface area (Å²) in [7, 11) is 0. The Kier molecular flexibility index (Phi) is 5.97. The number of pyridine rings is 1. The van der Waals surface area contributed by atoms with E-state index in [4.69, 9.17) is 0 Å². The molecule has 1 N–H and O–H groups in total. The molecule has 0 radical (unpaired) electrons. The minimum atomic E-state index is -0.794. The van der Waals surface area contributed by atoms with Crippen LogP contribution in [0.3, 0.4) is 0 Å². The van der Waals surface area contributed by atoms with Crippen LogP contribution in [0.4, 0.5) is 4.39 Å². The van der Waals surface area contributed by atoms with Crippen molar-refractivity contribution in [1.82, 2.24) is 9.88 Å². The number of aliphatic hydroxyl groups is 1. The molecule has 2 aromatic carbocycles. The number of benzene rings is 2. The number of Topliss-reactive ketones (excluding diaryl/α,β-unsaturated/α-hetero) is 1. The maximum atomic E-state index is 13.3. The van der Waals surface area contributed by atoms with Crippen molar-refractivity contribution in [2.45, 2.75) is 38.1 Å². The molecule has 1 aromatic heterocycles. The highest BCUT2D eigenvalue weighted by Gasteiger charge is 2.46. The molecule has 0 spiro atoms. The van der Waals surface area contributed by atoms with Gasteiger partial charge in [-0.25, -0.2) is 4.39 Å². The van der Waals surface area contributed by atoms with E-state index >= 15 is 0 Å². The van der Waals surface area contributed by atoms with Gasteiger partial charge in [0.2, 0.25) is 0 Å². The number of aliphatic hydroxyl groups excluding tert-OH is 1. The smallest absolute Gasteiger partial charge is 0.295 e. The Labute approximate surface area is 197 Å². The minimum Gasteiger partial charge on any atom is -0.507 e. The maximum absolute atomic E-state index is 13.3. The van der Waals surface area contributed by atoms with E-state index in [1.165, 1.54) is 28.2 Å². The van der Waals surface area contributed by atoms with Gasteiger partial charge in [0.05, 0.1) is 11.3 Å². The largest absolute Gasteiger partial charge is 0.507 e. The van der Waals surface area contributed by atoms with Crippen LogP contribution in [0.2, 0.25) is 0 Å². The van der Waals surface area contributed by atoms with Crippen LogP contribution >= 0.6 is 0 Å². The van der Waals surface area contributed by atoms with Gasteiger partial charge < -0.3 is 10.0 Å². The van der Waals surface area contributed by atoms with Crippen LogP contribution in [0.15, 0.2) is 72.4 Å². The molecular weight excluding hydrogens is 431 g/mol. The number of fused-ring (bicyclic) bond motifs is 1. The summed E-state index contributed by atoms with van der Waals surface area (Å²) in [6.07, 6.45) is 6.24. The van der Waals surface area contributed by atoms with Crippen molar-refractivity contribution in [3.63, 3.8) is 0 Å². The number of carbonyl (C=O) groups excluding carboxylic acids is 2. The van der Waals surface area contributed by atoms with Crippen molar-refractivity contribution < 1.29 is 19.1 Å². The number of rotatable bonds is 5. The minimum absolute atomic E-state index is 0.0542. The second kappa shape index (κ2) is 9.21. The molecule has 1 aliphatic carbocycles. The van der Waals surface area contributed by atoms with E-state index in [1.807, 2.05) is 18.2 Å². The van der Waals surface area contributed by atoms with Crippen molar-refractivity contribution >= 4 is 17.4 Å². The molecule has 1 unspecified atom stereocenters. The highest BCUT2D eigenvalue weighted by molar-refractivity contribution is 6.46. The second-order valence-electron chi connectivity index (χ2n) is 8.81. The summed E-state index contributed by atoms with van der Waals surface area (Å²) in [5.74, 6) is -1.89. The van der Waals surface area contributed by atoms with Gasteiger partial charge in [0.15, 0.2) is 0 Å². The molecule has 5 nitrogen and oxygen atoms in total. The number of aromatic nitrogens is 1. The number of aryl methyl sites for hydroxylation is 2. The fourth-order valence-corrected chi connectivity index (χ4v) is 4.89. The summed E-state index contributed by atoms with van der Waals surface area (Å²) in [4.78, 5) is 32.1. The van der Waals surface area contributed by atoms with Gasteiger partial charge in [-0.05, 0) is 79.1 Å². The van der Waals surface area contributed by atoms with Gasteiger partial charge in [-0.1, -0.05) is 30.3 Å². The lowest BCUT2D eigenvalue weighted by molar-refractivity contribution is -0.139. The van der Waals surface area contributed by atoms with Crippen molar-refractivity contribution in [3.05, 3.63) is 106 Å². The number of likely N-dealkylation sites (tertiary alicyclic amines) is 1. The molecule has 1 saturated heterocycles. The van der Waals surface area contributed by atoms with Gasteiger partial charge in [-0.3, -0.25) is 14.6 Å². The lowest BCUT2D eigenvalue weighted by Gasteiger charge is -2.24. The number of nitrogens with zero attached hydrogens (tertiary/aromatic N) is 2. The predicted octanol–water partition coefficient (Wildman–Crippen LogP) is 4.76. The zero-order valence-corrected chi connectivity index (χ0v) is 18.7. The molecule has 1 amide bonds. The summed E-state index contributed by atoms with van der Waals surface area (Å²) < 4.78 is 13.3. The topological polar surface area (TPSA) is 70.5 Å². The summed E-state index contributed by atoms with van der Waals surface area (Å²) in [5.41, 5.74) is 4.40. The fraction of sp³-hybridized carbons (Fsp3) is 0.250. The van der Waals surface area contributed by atoms with Gasteiger partial charge in [-0.2, -0.15) is 0 Å². The van der Waals surface area contributed by atoms with Crippen LogP contribution in [-0.2, 0) is 28.9 Å². The quantitative estimate of drug-likeness (QED) is 0.341. The predicted molar refractivity (Wildman–Crippen MR) is 126 cm³/mol. The number of carbonyl (C=O) groups is 2. The van der Waals surface area contributed by atoms with Gasteiger partial charge >= 0.3 is 0 Å². The molecule has 6 heteroatoms.